The molecule has 0 aliphatic carbocycles. The minimum atomic E-state index is -0.122. The number of nitrogens with zero attached hydrogens (tertiary/aromatic N) is 1. The molecule has 4 nitrogen and oxygen atoms in total. The average Bonchev–Trinajstić information content (AvgIpc) is 2.97. The Morgan fingerprint density at radius 3 is 2.57 bits per heavy atom. The van der Waals surface area contributed by atoms with E-state index >= 15 is 0 Å². The summed E-state index contributed by atoms with van der Waals surface area (Å²) in [5.41, 5.74) is 3.36. The first kappa shape index (κ1) is 16.0. The molecule has 2 aromatic rings. The van der Waals surface area contributed by atoms with Crippen LogP contribution in [0.2, 0.25) is 0 Å². The van der Waals surface area contributed by atoms with Crippen LogP contribution in [0.25, 0.3) is 0 Å². The second-order valence-corrected chi connectivity index (χ2v) is 6.67. The van der Waals surface area contributed by atoms with Crippen molar-refractivity contribution in [3.8, 4) is 0 Å². The molecule has 0 spiro atoms. The van der Waals surface area contributed by atoms with Crippen molar-refractivity contribution in [3.63, 3.8) is 0 Å². The summed E-state index contributed by atoms with van der Waals surface area (Å²) in [4.78, 5) is 25.9. The number of carbonyl (C=O) groups excluding carboxylic acids is 2. The van der Waals surface area contributed by atoms with E-state index in [2.05, 4.69) is 27.9 Å². The Labute approximate surface area is 149 Å². The molecule has 118 valence electrons. The molecule has 1 heterocycles. The lowest BCUT2D eigenvalue weighted by atomic mass is 10.1. The smallest absolute Gasteiger partial charge is 0.256 e. The van der Waals surface area contributed by atoms with Gasteiger partial charge in [-0.15, -0.1) is 0 Å². The van der Waals surface area contributed by atoms with E-state index in [1.54, 1.807) is 4.90 Å². The minimum Gasteiger partial charge on any atom is -0.322 e. The Kier molecular flexibility index (Phi) is 4.66. The number of benzene rings is 2. The summed E-state index contributed by atoms with van der Waals surface area (Å²) >= 11 is 2.19. The highest BCUT2D eigenvalue weighted by Gasteiger charge is 2.21. The van der Waals surface area contributed by atoms with E-state index in [-0.39, 0.29) is 11.8 Å². The molecule has 5 heteroatoms. The Balaban J connectivity index is 1.74. The van der Waals surface area contributed by atoms with Gasteiger partial charge in [-0.05, 0) is 71.8 Å². The van der Waals surface area contributed by atoms with Crippen molar-refractivity contribution in [2.24, 2.45) is 0 Å². The van der Waals surface area contributed by atoms with Crippen LogP contribution in [-0.4, -0.2) is 18.4 Å². The lowest BCUT2D eigenvalue weighted by Crippen LogP contribution is -2.23. The molecule has 0 saturated carbocycles. The zero-order valence-electron chi connectivity index (χ0n) is 12.8. The van der Waals surface area contributed by atoms with E-state index in [9.17, 15) is 9.59 Å². The van der Waals surface area contributed by atoms with Crippen molar-refractivity contribution < 1.29 is 9.59 Å². The third-order valence-corrected chi connectivity index (χ3v) is 5.38. The first-order chi connectivity index (χ1) is 11.1. The van der Waals surface area contributed by atoms with Crippen LogP contribution in [0, 0.1) is 10.5 Å². The van der Waals surface area contributed by atoms with E-state index in [0.717, 1.165) is 33.5 Å². The van der Waals surface area contributed by atoms with Crippen LogP contribution in [0.4, 0.5) is 11.4 Å². The molecule has 23 heavy (non-hydrogen) atoms. The van der Waals surface area contributed by atoms with Crippen molar-refractivity contribution in [1.82, 2.24) is 0 Å². The lowest BCUT2D eigenvalue weighted by Gasteiger charge is -2.16. The highest BCUT2D eigenvalue weighted by molar-refractivity contribution is 14.1. The Bertz CT molecular complexity index is 756. The molecule has 0 atom stereocenters. The third kappa shape index (κ3) is 3.39. The third-order valence-electron chi connectivity index (χ3n) is 3.95. The molecule has 2 amide bonds. The second-order valence-electron chi connectivity index (χ2n) is 5.59. The molecule has 1 aliphatic heterocycles. The zero-order chi connectivity index (χ0) is 16.4. The van der Waals surface area contributed by atoms with Gasteiger partial charge in [-0.2, -0.15) is 0 Å². The standard InChI is InChI=1S/C18H17IN2O2/c1-12-4-2-5-15(17(12)19)18(23)20-13-7-9-14(10-8-13)21-11-3-6-16(21)22/h2,4-5,7-10H,3,6,11H2,1H3,(H,20,23). The Morgan fingerprint density at radius 2 is 1.91 bits per heavy atom. The van der Waals surface area contributed by atoms with Gasteiger partial charge >= 0.3 is 0 Å². The zero-order valence-corrected chi connectivity index (χ0v) is 15.0. The van der Waals surface area contributed by atoms with Gasteiger partial charge < -0.3 is 10.2 Å². The predicted molar refractivity (Wildman–Crippen MR) is 99.9 cm³/mol. The van der Waals surface area contributed by atoms with Gasteiger partial charge in [-0.25, -0.2) is 0 Å². The summed E-state index contributed by atoms with van der Waals surface area (Å²) in [5.74, 6) is 0.0409. The van der Waals surface area contributed by atoms with Gasteiger partial charge in [0.15, 0.2) is 0 Å². The number of carbonyl (C=O) groups is 2. The Morgan fingerprint density at radius 1 is 1.17 bits per heavy atom. The van der Waals surface area contributed by atoms with Crippen LogP contribution in [0.1, 0.15) is 28.8 Å². The molecule has 0 bridgehead atoms. The number of nitrogens with one attached hydrogen (secondary N) is 1. The molecule has 1 N–H and O–H groups in total. The van der Waals surface area contributed by atoms with Crippen LogP contribution in [0.3, 0.4) is 0 Å². The second kappa shape index (κ2) is 6.70. The van der Waals surface area contributed by atoms with Crippen molar-refractivity contribution >= 4 is 45.8 Å². The maximum atomic E-state index is 12.4. The average molecular weight is 420 g/mol. The van der Waals surface area contributed by atoms with Gasteiger partial charge in [0, 0.05) is 27.9 Å². The fourth-order valence-corrected chi connectivity index (χ4v) is 3.27. The normalized spacial score (nSPS) is 14.2. The lowest BCUT2D eigenvalue weighted by molar-refractivity contribution is -0.117. The molecular formula is C18H17IN2O2. The van der Waals surface area contributed by atoms with Gasteiger partial charge in [0.05, 0.1) is 5.56 Å². The largest absolute Gasteiger partial charge is 0.322 e. The van der Waals surface area contributed by atoms with Crippen molar-refractivity contribution in [2.75, 3.05) is 16.8 Å². The van der Waals surface area contributed by atoms with Gasteiger partial charge in [0.25, 0.3) is 5.91 Å². The first-order valence-electron chi connectivity index (χ1n) is 7.53. The van der Waals surface area contributed by atoms with Crippen LogP contribution in [0.15, 0.2) is 42.5 Å². The summed E-state index contributed by atoms with van der Waals surface area (Å²) in [6.07, 6.45) is 1.52. The monoisotopic (exact) mass is 420 g/mol. The number of aryl methyl sites for hydroxylation is 1. The molecule has 0 radical (unpaired) electrons. The maximum absolute atomic E-state index is 12.4. The highest BCUT2D eigenvalue weighted by atomic mass is 127. The summed E-state index contributed by atoms with van der Waals surface area (Å²) in [7, 11) is 0. The van der Waals surface area contributed by atoms with Crippen LogP contribution in [0.5, 0.6) is 0 Å². The van der Waals surface area contributed by atoms with E-state index in [4.69, 9.17) is 0 Å². The highest BCUT2D eigenvalue weighted by Crippen LogP contribution is 2.24. The number of hydrogen-bond acceptors (Lipinski definition) is 2. The summed E-state index contributed by atoms with van der Waals surface area (Å²) in [5, 5.41) is 2.91. The number of anilines is 2. The fraction of sp³-hybridized carbons (Fsp3) is 0.222. The van der Waals surface area contributed by atoms with E-state index in [1.807, 2.05) is 49.4 Å². The van der Waals surface area contributed by atoms with Crippen molar-refractivity contribution in [3.05, 3.63) is 57.2 Å². The van der Waals surface area contributed by atoms with Gasteiger partial charge in [-0.3, -0.25) is 9.59 Å². The number of halogens is 1. The van der Waals surface area contributed by atoms with Crippen LogP contribution in [-0.2, 0) is 4.79 Å². The number of amides is 2. The van der Waals surface area contributed by atoms with Gasteiger partial charge in [0.2, 0.25) is 5.91 Å². The summed E-state index contributed by atoms with van der Waals surface area (Å²) in [6.45, 7) is 2.76. The molecule has 2 aromatic carbocycles. The van der Waals surface area contributed by atoms with Gasteiger partial charge in [-0.1, -0.05) is 12.1 Å². The van der Waals surface area contributed by atoms with Crippen LogP contribution >= 0.6 is 22.6 Å². The molecule has 0 unspecified atom stereocenters. The van der Waals surface area contributed by atoms with Crippen LogP contribution < -0.4 is 10.2 Å². The topological polar surface area (TPSA) is 49.4 Å². The summed E-state index contributed by atoms with van der Waals surface area (Å²) < 4.78 is 0.960. The van der Waals surface area contributed by atoms with E-state index in [0.29, 0.717) is 12.0 Å². The maximum Gasteiger partial charge on any atom is 0.256 e. The fourth-order valence-electron chi connectivity index (χ4n) is 2.67. The molecule has 1 aliphatic rings. The molecule has 3 rings (SSSR count). The molecule has 1 fully saturated rings. The Hall–Kier alpha value is -1.89. The SMILES string of the molecule is Cc1cccc(C(=O)Nc2ccc(N3CCCC3=O)cc2)c1I. The molecule has 0 aromatic heterocycles. The minimum absolute atomic E-state index is 0.122. The van der Waals surface area contributed by atoms with E-state index < -0.39 is 0 Å². The predicted octanol–water partition coefficient (Wildman–Crippen LogP) is 3.98. The van der Waals surface area contributed by atoms with Gasteiger partial charge in [0.1, 0.15) is 0 Å². The first-order valence-corrected chi connectivity index (χ1v) is 8.61. The summed E-state index contributed by atoms with van der Waals surface area (Å²) in [6, 6.07) is 13.1. The number of rotatable bonds is 3. The van der Waals surface area contributed by atoms with Crippen molar-refractivity contribution in [2.45, 2.75) is 19.8 Å². The molecular weight excluding hydrogens is 403 g/mol. The van der Waals surface area contributed by atoms with Crippen molar-refractivity contribution in [1.29, 1.82) is 0 Å². The number of hydrogen-bond donors (Lipinski definition) is 1. The van der Waals surface area contributed by atoms with E-state index in [1.165, 1.54) is 0 Å². The molecule has 1 saturated heterocycles. The quantitative estimate of drug-likeness (QED) is 0.764.